The first-order valence-corrected chi connectivity index (χ1v) is 7.89. The fraction of sp³-hybridized carbons (Fsp3) is 0.600. The van der Waals surface area contributed by atoms with E-state index in [4.69, 9.17) is 14.2 Å². The van der Waals surface area contributed by atoms with E-state index in [1.165, 1.54) is 20.8 Å². The molecule has 0 N–H and O–H groups in total. The molecule has 3 atom stereocenters. The zero-order chi connectivity index (χ0) is 21.0. The topological polar surface area (TPSA) is 145 Å². The van der Waals surface area contributed by atoms with Crippen LogP contribution in [0.3, 0.4) is 0 Å². The molecule has 0 radical (unpaired) electrons. The largest absolute Gasteiger partial charge is 0.441 e. The molecule has 12 nitrogen and oxygen atoms in total. The average molecular weight is 387 g/mol. The Hall–Kier alpha value is -3.18. The number of rotatable bonds is 6. The minimum Gasteiger partial charge on any atom is -0.441 e. The van der Waals surface area contributed by atoms with E-state index in [0.717, 1.165) is 20.8 Å². The second-order valence-corrected chi connectivity index (χ2v) is 5.58. The lowest BCUT2D eigenvalue weighted by atomic mass is 10.5. The Kier molecular flexibility index (Phi) is 6.86. The Labute approximate surface area is 152 Å². The van der Waals surface area contributed by atoms with Gasteiger partial charge in [0.25, 0.3) is 0 Å². The third kappa shape index (κ3) is 4.92. The van der Waals surface area contributed by atoms with Gasteiger partial charge in [0.2, 0.25) is 0 Å². The monoisotopic (exact) mass is 387 g/mol. The van der Waals surface area contributed by atoms with Crippen LogP contribution in [0, 0.1) is 0 Å². The van der Waals surface area contributed by atoms with Crippen molar-refractivity contribution in [2.24, 2.45) is 0 Å². The van der Waals surface area contributed by atoms with Crippen LogP contribution < -0.4 is 17.1 Å². The van der Waals surface area contributed by atoms with Crippen LogP contribution in [0.25, 0.3) is 0 Å². The summed E-state index contributed by atoms with van der Waals surface area (Å²) in [5.41, 5.74) is -3.50. The number of nitrogens with zero attached hydrogens (tertiary/aromatic N) is 3. The standard InChI is InChI=1S/C15H21N3O9/c1-7(25-10(4)19)16-13(22)17(8(2)26-11(5)20)15(24)18(14(16)23)9(3)27-12(6)21/h7-9H,1-6H3. The Bertz CT molecular complexity index is 775. The lowest BCUT2D eigenvalue weighted by Gasteiger charge is -2.22. The van der Waals surface area contributed by atoms with Gasteiger partial charge in [0.1, 0.15) is 0 Å². The predicted molar refractivity (Wildman–Crippen MR) is 88.7 cm³/mol. The van der Waals surface area contributed by atoms with Crippen molar-refractivity contribution in [2.75, 3.05) is 0 Å². The number of hydrogen-bond donors (Lipinski definition) is 0. The molecular formula is C15H21N3O9. The van der Waals surface area contributed by atoms with Crippen molar-refractivity contribution < 1.29 is 28.6 Å². The smallest absolute Gasteiger partial charge is 0.342 e. The highest BCUT2D eigenvalue weighted by Crippen LogP contribution is 2.07. The normalized spacial score (nSPS) is 14.0. The third-order valence-corrected chi connectivity index (χ3v) is 3.34. The summed E-state index contributed by atoms with van der Waals surface area (Å²) in [4.78, 5) is 71.6. The van der Waals surface area contributed by atoms with Crippen molar-refractivity contribution in [3.8, 4) is 0 Å². The maximum Gasteiger partial charge on any atom is 0.342 e. The fourth-order valence-electron chi connectivity index (χ4n) is 2.41. The maximum absolute atomic E-state index is 12.7. The first kappa shape index (κ1) is 21.9. The van der Waals surface area contributed by atoms with Crippen molar-refractivity contribution in [3.63, 3.8) is 0 Å². The zero-order valence-corrected chi connectivity index (χ0v) is 15.7. The van der Waals surface area contributed by atoms with Crippen molar-refractivity contribution in [2.45, 2.75) is 60.2 Å². The quantitative estimate of drug-likeness (QED) is 0.462. The summed E-state index contributed by atoms with van der Waals surface area (Å²) in [7, 11) is 0. The Morgan fingerprint density at radius 3 is 0.926 bits per heavy atom. The molecule has 0 saturated carbocycles. The Morgan fingerprint density at radius 2 is 0.778 bits per heavy atom. The molecule has 12 heteroatoms. The van der Waals surface area contributed by atoms with E-state index in [-0.39, 0.29) is 0 Å². The average Bonchev–Trinajstić information content (AvgIpc) is 2.43. The van der Waals surface area contributed by atoms with Crippen LogP contribution in [0.15, 0.2) is 14.4 Å². The Balaban J connectivity index is 3.83. The van der Waals surface area contributed by atoms with Crippen LogP contribution in [0.1, 0.15) is 60.2 Å². The van der Waals surface area contributed by atoms with Crippen LogP contribution in [-0.2, 0) is 28.6 Å². The van der Waals surface area contributed by atoms with Crippen LogP contribution in [-0.4, -0.2) is 31.6 Å². The molecule has 0 amide bonds. The lowest BCUT2D eigenvalue weighted by Crippen LogP contribution is -2.57. The van der Waals surface area contributed by atoms with Gasteiger partial charge < -0.3 is 14.2 Å². The van der Waals surface area contributed by atoms with Gasteiger partial charge in [-0.05, 0) is 20.8 Å². The number of carbonyl (C=O) groups is 3. The van der Waals surface area contributed by atoms with Crippen LogP contribution in [0.4, 0.5) is 0 Å². The van der Waals surface area contributed by atoms with Crippen molar-refractivity contribution in [1.82, 2.24) is 13.7 Å². The van der Waals surface area contributed by atoms with Crippen molar-refractivity contribution in [1.29, 1.82) is 0 Å². The number of ether oxygens (including phenoxy) is 3. The minimum absolute atomic E-state index is 0.475. The summed E-state index contributed by atoms with van der Waals surface area (Å²) in [6.45, 7) is 6.90. The predicted octanol–water partition coefficient (Wildman–Crippen LogP) is -0.583. The molecular weight excluding hydrogens is 366 g/mol. The van der Waals surface area contributed by atoms with E-state index in [1.54, 1.807) is 0 Å². The van der Waals surface area contributed by atoms with Gasteiger partial charge in [-0.1, -0.05) is 0 Å². The molecule has 1 heterocycles. The van der Waals surface area contributed by atoms with E-state index in [1.807, 2.05) is 0 Å². The van der Waals surface area contributed by atoms with Gasteiger partial charge in [0.15, 0.2) is 18.7 Å². The number of aromatic nitrogens is 3. The zero-order valence-electron chi connectivity index (χ0n) is 15.7. The summed E-state index contributed by atoms with van der Waals surface area (Å²) >= 11 is 0. The molecule has 27 heavy (non-hydrogen) atoms. The van der Waals surface area contributed by atoms with Gasteiger partial charge in [0.05, 0.1) is 0 Å². The molecule has 150 valence electrons. The molecule has 1 aromatic rings. The summed E-state index contributed by atoms with van der Waals surface area (Å²) in [6.07, 6.45) is -4.14. The van der Waals surface area contributed by atoms with E-state index < -0.39 is 53.7 Å². The second-order valence-electron chi connectivity index (χ2n) is 5.58. The highest BCUT2D eigenvalue weighted by molar-refractivity contribution is 5.66. The molecule has 0 bridgehead atoms. The minimum atomic E-state index is -1.38. The van der Waals surface area contributed by atoms with Gasteiger partial charge in [-0.2, -0.15) is 0 Å². The summed E-state index contributed by atoms with van der Waals surface area (Å²) in [6, 6.07) is 0. The first-order chi connectivity index (χ1) is 12.4. The molecule has 1 rings (SSSR count). The third-order valence-electron chi connectivity index (χ3n) is 3.34. The molecule has 0 aliphatic carbocycles. The molecule has 0 saturated heterocycles. The van der Waals surface area contributed by atoms with Crippen molar-refractivity contribution in [3.05, 3.63) is 31.5 Å². The fourth-order valence-corrected chi connectivity index (χ4v) is 2.41. The molecule has 0 aliphatic rings. The Morgan fingerprint density at radius 1 is 0.593 bits per heavy atom. The SMILES string of the molecule is CC(=O)OC(C)n1c(=O)n(C(C)OC(C)=O)c(=O)n(C(C)OC(C)=O)c1=O. The van der Waals surface area contributed by atoms with E-state index >= 15 is 0 Å². The lowest BCUT2D eigenvalue weighted by molar-refractivity contribution is -0.151. The summed E-state index contributed by atoms with van der Waals surface area (Å²) in [5.74, 6) is -2.34. The molecule has 0 aliphatic heterocycles. The second kappa shape index (κ2) is 8.47. The first-order valence-electron chi connectivity index (χ1n) is 7.89. The maximum atomic E-state index is 12.7. The van der Waals surface area contributed by atoms with Crippen molar-refractivity contribution >= 4 is 17.9 Å². The highest BCUT2D eigenvalue weighted by atomic mass is 16.6. The highest BCUT2D eigenvalue weighted by Gasteiger charge is 2.27. The van der Waals surface area contributed by atoms with E-state index in [9.17, 15) is 28.8 Å². The number of hydrogen-bond acceptors (Lipinski definition) is 9. The van der Waals surface area contributed by atoms with Gasteiger partial charge in [0, 0.05) is 20.8 Å². The molecule has 0 fully saturated rings. The summed E-state index contributed by atoms with van der Waals surface area (Å²) in [5, 5.41) is 0. The van der Waals surface area contributed by atoms with Crippen LogP contribution in [0.2, 0.25) is 0 Å². The number of carbonyl (C=O) groups excluding carboxylic acids is 3. The van der Waals surface area contributed by atoms with E-state index in [0.29, 0.717) is 13.7 Å². The molecule has 3 unspecified atom stereocenters. The number of esters is 3. The van der Waals surface area contributed by atoms with Gasteiger partial charge >= 0.3 is 35.0 Å². The molecule has 0 spiro atoms. The van der Waals surface area contributed by atoms with Crippen LogP contribution in [0.5, 0.6) is 0 Å². The van der Waals surface area contributed by atoms with Gasteiger partial charge in [-0.15, -0.1) is 0 Å². The summed E-state index contributed by atoms with van der Waals surface area (Å²) < 4.78 is 16.0. The van der Waals surface area contributed by atoms with Gasteiger partial charge in [-0.25, -0.2) is 28.1 Å². The van der Waals surface area contributed by atoms with Crippen LogP contribution >= 0.6 is 0 Å². The van der Waals surface area contributed by atoms with E-state index in [2.05, 4.69) is 0 Å². The van der Waals surface area contributed by atoms with Gasteiger partial charge in [-0.3, -0.25) is 14.4 Å². The molecule has 0 aromatic carbocycles. The molecule has 1 aromatic heterocycles.